The van der Waals surface area contributed by atoms with Gasteiger partial charge in [-0.25, -0.2) is 0 Å². The van der Waals surface area contributed by atoms with Gasteiger partial charge in [0.05, 0.1) is 18.1 Å². The lowest BCUT2D eigenvalue weighted by Gasteiger charge is -2.51. The second-order valence-corrected chi connectivity index (χ2v) is 5.36. The Morgan fingerprint density at radius 3 is 2.87 bits per heavy atom. The summed E-state index contributed by atoms with van der Waals surface area (Å²) in [4.78, 5) is 0. The van der Waals surface area contributed by atoms with Gasteiger partial charge in [0, 0.05) is 7.11 Å². The SMILES string of the molecule is COC1(CC#N)C(C)CC2CCCC1C2. The third-order valence-corrected chi connectivity index (χ3v) is 4.73. The fourth-order valence-corrected chi connectivity index (χ4v) is 3.93. The molecule has 2 bridgehead atoms. The zero-order chi connectivity index (χ0) is 10.9. The van der Waals surface area contributed by atoms with Crippen LogP contribution in [0.25, 0.3) is 0 Å². The summed E-state index contributed by atoms with van der Waals surface area (Å²) in [6, 6.07) is 2.34. The van der Waals surface area contributed by atoms with E-state index in [-0.39, 0.29) is 5.60 Å². The summed E-state index contributed by atoms with van der Waals surface area (Å²) >= 11 is 0. The lowest BCUT2D eigenvalue weighted by atomic mass is 9.59. The minimum Gasteiger partial charge on any atom is -0.377 e. The van der Waals surface area contributed by atoms with Gasteiger partial charge in [0.25, 0.3) is 0 Å². The summed E-state index contributed by atoms with van der Waals surface area (Å²) in [7, 11) is 1.79. The van der Waals surface area contributed by atoms with Crippen LogP contribution in [0.5, 0.6) is 0 Å². The van der Waals surface area contributed by atoms with Crippen molar-refractivity contribution in [2.45, 2.75) is 51.0 Å². The monoisotopic (exact) mass is 207 g/mol. The standard InChI is InChI=1S/C13H21NO/c1-10-8-11-4-3-5-12(9-11)13(10,15-2)6-7-14/h10-12H,3-6,8-9H2,1-2H3. The molecule has 0 saturated heterocycles. The van der Waals surface area contributed by atoms with E-state index in [0.717, 1.165) is 5.92 Å². The van der Waals surface area contributed by atoms with E-state index >= 15 is 0 Å². The van der Waals surface area contributed by atoms with E-state index in [1.165, 1.54) is 32.1 Å². The largest absolute Gasteiger partial charge is 0.377 e. The smallest absolute Gasteiger partial charge is 0.0861 e. The first kappa shape index (κ1) is 11.0. The Balaban J connectivity index is 2.23. The number of fused-ring (bicyclic) bond motifs is 2. The summed E-state index contributed by atoms with van der Waals surface area (Å²) in [5.74, 6) is 2.08. The molecule has 2 aliphatic rings. The van der Waals surface area contributed by atoms with Crippen molar-refractivity contribution in [1.82, 2.24) is 0 Å². The highest BCUT2D eigenvalue weighted by molar-refractivity contribution is 5.04. The summed E-state index contributed by atoms with van der Waals surface area (Å²) in [5.41, 5.74) is -0.133. The number of ether oxygens (including phenoxy) is 1. The maximum atomic E-state index is 9.00. The molecule has 2 heteroatoms. The second-order valence-electron chi connectivity index (χ2n) is 5.36. The van der Waals surface area contributed by atoms with Crippen LogP contribution in [0.4, 0.5) is 0 Å². The molecule has 0 N–H and O–H groups in total. The zero-order valence-corrected chi connectivity index (χ0v) is 9.83. The number of hydrogen-bond acceptors (Lipinski definition) is 2. The van der Waals surface area contributed by atoms with Crippen LogP contribution in [0.2, 0.25) is 0 Å². The van der Waals surface area contributed by atoms with Crippen LogP contribution in [0, 0.1) is 29.1 Å². The first-order valence-electron chi connectivity index (χ1n) is 6.15. The Kier molecular flexibility index (Phi) is 3.02. The predicted octanol–water partition coefficient (Wildman–Crippen LogP) is 3.13. The van der Waals surface area contributed by atoms with Crippen LogP contribution in [-0.2, 0) is 4.74 Å². The molecule has 2 fully saturated rings. The van der Waals surface area contributed by atoms with Crippen molar-refractivity contribution >= 4 is 0 Å². The summed E-state index contributed by atoms with van der Waals surface area (Å²) < 4.78 is 5.79. The van der Waals surface area contributed by atoms with E-state index in [4.69, 9.17) is 10.00 Å². The number of nitrogens with zero attached hydrogens (tertiary/aromatic N) is 1. The quantitative estimate of drug-likeness (QED) is 0.697. The number of nitriles is 1. The van der Waals surface area contributed by atoms with Crippen molar-refractivity contribution in [2.24, 2.45) is 17.8 Å². The first-order chi connectivity index (χ1) is 7.23. The average molecular weight is 207 g/mol. The van der Waals surface area contributed by atoms with Crippen LogP contribution < -0.4 is 0 Å². The molecule has 2 rings (SSSR count). The van der Waals surface area contributed by atoms with Gasteiger partial charge in [-0.05, 0) is 37.0 Å². The van der Waals surface area contributed by atoms with Crippen LogP contribution in [0.3, 0.4) is 0 Å². The van der Waals surface area contributed by atoms with Gasteiger partial charge in [-0.2, -0.15) is 5.26 Å². The van der Waals surface area contributed by atoms with Crippen molar-refractivity contribution in [3.8, 4) is 6.07 Å². The van der Waals surface area contributed by atoms with Gasteiger partial charge in [0.15, 0.2) is 0 Å². The molecule has 2 nitrogen and oxygen atoms in total. The Morgan fingerprint density at radius 2 is 2.20 bits per heavy atom. The normalized spacial score (nSPS) is 44.7. The maximum absolute atomic E-state index is 9.00. The maximum Gasteiger partial charge on any atom is 0.0861 e. The van der Waals surface area contributed by atoms with Gasteiger partial charge in [0.2, 0.25) is 0 Å². The molecule has 0 spiro atoms. The van der Waals surface area contributed by atoms with Gasteiger partial charge in [-0.3, -0.25) is 0 Å². The van der Waals surface area contributed by atoms with Crippen molar-refractivity contribution in [3.63, 3.8) is 0 Å². The molecule has 84 valence electrons. The van der Waals surface area contributed by atoms with Crippen LogP contribution >= 0.6 is 0 Å². The first-order valence-corrected chi connectivity index (χ1v) is 6.15. The molecule has 2 saturated carbocycles. The van der Waals surface area contributed by atoms with E-state index in [0.29, 0.717) is 18.3 Å². The lowest BCUT2D eigenvalue weighted by Crippen LogP contribution is -2.51. The minimum atomic E-state index is -0.133. The molecule has 0 amide bonds. The van der Waals surface area contributed by atoms with Crippen molar-refractivity contribution < 1.29 is 4.74 Å². The average Bonchev–Trinajstić information content (AvgIpc) is 2.25. The minimum absolute atomic E-state index is 0.133. The molecule has 15 heavy (non-hydrogen) atoms. The molecule has 0 radical (unpaired) electrons. The van der Waals surface area contributed by atoms with Crippen molar-refractivity contribution in [2.75, 3.05) is 7.11 Å². The van der Waals surface area contributed by atoms with E-state index in [9.17, 15) is 0 Å². The van der Waals surface area contributed by atoms with Crippen molar-refractivity contribution in [1.29, 1.82) is 5.26 Å². The molecule has 0 heterocycles. The Morgan fingerprint density at radius 1 is 1.40 bits per heavy atom. The lowest BCUT2D eigenvalue weighted by molar-refractivity contribution is -0.139. The van der Waals surface area contributed by atoms with E-state index in [1.54, 1.807) is 7.11 Å². The van der Waals surface area contributed by atoms with E-state index in [2.05, 4.69) is 13.0 Å². The molecule has 0 aliphatic heterocycles. The predicted molar refractivity (Wildman–Crippen MR) is 59.2 cm³/mol. The van der Waals surface area contributed by atoms with E-state index in [1.807, 2.05) is 0 Å². The summed E-state index contributed by atoms with van der Waals surface area (Å²) in [6.45, 7) is 2.27. The molecule has 0 aromatic rings. The molecular formula is C13H21NO. The Hall–Kier alpha value is -0.550. The molecular weight excluding hydrogens is 186 g/mol. The van der Waals surface area contributed by atoms with Gasteiger partial charge in [0.1, 0.15) is 0 Å². The zero-order valence-electron chi connectivity index (χ0n) is 9.83. The fourth-order valence-electron chi connectivity index (χ4n) is 3.93. The number of hydrogen-bond donors (Lipinski definition) is 0. The van der Waals surface area contributed by atoms with Gasteiger partial charge < -0.3 is 4.74 Å². The van der Waals surface area contributed by atoms with Crippen LogP contribution in [-0.4, -0.2) is 12.7 Å². The highest BCUT2D eigenvalue weighted by Gasteiger charge is 2.49. The van der Waals surface area contributed by atoms with Gasteiger partial charge in [-0.15, -0.1) is 0 Å². The molecule has 0 aromatic carbocycles. The topological polar surface area (TPSA) is 33.0 Å². The fraction of sp³-hybridized carbons (Fsp3) is 0.923. The highest BCUT2D eigenvalue weighted by Crippen LogP contribution is 2.51. The Bertz CT molecular complexity index is 268. The summed E-state index contributed by atoms with van der Waals surface area (Å²) in [6.07, 6.45) is 7.11. The molecule has 2 aliphatic carbocycles. The van der Waals surface area contributed by atoms with E-state index < -0.39 is 0 Å². The summed E-state index contributed by atoms with van der Waals surface area (Å²) in [5, 5.41) is 9.00. The molecule has 0 aromatic heterocycles. The van der Waals surface area contributed by atoms with Crippen LogP contribution in [0.15, 0.2) is 0 Å². The van der Waals surface area contributed by atoms with Gasteiger partial charge in [-0.1, -0.05) is 19.8 Å². The third-order valence-electron chi connectivity index (χ3n) is 4.73. The third kappa shape index (κ3) is 1.67. The molecule has 4 unspecified atom stereocenters. The highest BCUT2D eigenvalue weighted by atomic mass is 16.5. The number of rotatable bonds is 2. The second kappa shape index (κ2) is 4.14. The van der Waals surface area contributed by atoms with Gasteiger partial charge >= 0.3 is 0 Å². The number of methoxy groups -OCH3 is 1. The van der Waals surface area contributed by atoms with Crippen molar-refractivity contribution in [3.05, 3.63) is 0 Å². The molecule has 4 atom stereocenters. The Labute approximate surface area is 92.6 Å². The van der Waals surface area contributed by atoms with Crippen LogP contribution in [0.1, 0.15) is 45.4 Å².